The van der Waals surface area contributed by atoms with Gasteiger partial charge in [-0.2, -0.15) is 0 Å². The number of nitrogens with one attached hydrogen (secondary N) is 1. The first kappa shape index (κ1) is 19.1. The third kappa shape index (κ3) is 3.85. The third-order valence-electron chi connectivity index (χ3n) is 4.34. The Kier molecular flexibility index (Phi) is 4.97. The van der Waals surface area contributed by atoms with Crippen LogP contribution >= 0.6 is 31.6 Å². The Morgan fingerprint density at radius 2 is 2.23 bits per heavy atom. The van der Waals surface area contributed by atoms with Gasteiger partial charge in [0.1, 0.15) is 29.5 Å². The van der Waals surface area contributed by atoms with E-state index in [1.807, 2.05) is 0 Å². The molecule has 1 fully saturated rings. The minimum absolute atomic E-state index is 0.0748. The maximum absolute atomic E-state index is 15.7. The van der Waals surface area contributed by atoms with Crippen LogP contribution in [0.3, 0.4) is 0 Å². The van der Waals surface area contributed by atoms with Crippen molar-refractivity contribution in [1.82, 2.24) is 9.55 Å². The Hall–Kier alpha value is -1.63. The van der Waals surface area contributed by atoms with E-state index in [1.165, 1.54) is 6.07 Å². The van der Waals surface area contributed by atoms with Crippen LogP contribution in [0.4, 0.5) is 4.39 Å². The summed E-state index contributed by atoms with van der Waals surface area (Å²) in [6, 6.07) is 6.26. The number of fused-ring (bicyclic) bond motifs is 1. The second-order valence-electron chi connectivity index (χ2n) is 6.35. The van der Waals surface area contributed by atoms with Crippen LogP contribution in [0.2, 0.25) is 5.02 Å². The van der Waals surface area contributed by atoms with E-state index >= 15 is 4.39 Å². The van der Waals surface area contributed by atoms with Gasteiger partial charge in [0.2, 0.25) is 0 Å². The van der Waals surface area contributed by atoms with E-state index in [-0.39, 0.29) is 17.1 Å². The number of alkyl halides is 1. The van der Waals surface area contributed by atoms with Crippen LogP contribution in [0.1, 0.15) is 14.5 Å². The van der Waals surface area contributed by atoms with Crippen molar-refractivity contribution >= 4 is 31.6 Å². The summed E-state index contributed by atoms with van der Waals surface area (Å²) in [6.07, 6.45) is -5.55. The zero-order valence-corrected chi connectivity index (χ0v) is 17.2. The van der Waals surface area contributed by atoms with Gasteiger partial charge in [-0.15, -0.1) is 0 Å². The molecule has 162 valence electrons. The molecule has 0 amide bonds. The molecule has 4 rings (SSSR count). The number of hydrogen-bond acceptors (Lipinski definition) is 9. The first-order valence-electron chi connectivity index (χ1n) is 9.33. The third-order valence-corrected chi connectivity index (χ3v) is 6.11. The zero-order valence-electron chi connectivity index (χ0n) is 16.7. The molecule has 14 heteroatoms. The van der Waals surface area contributed by atoms with Gasteiger partial charge < -0.3 is 19.5 Å². The fourth-order valence-corrected chi connectivity index (χ4v) is 4.31. The molecule has 0 saturated carbocycles. The Morgan fingerprint density at radius 3 is 3.00 bits per heavy atom. The van der Waals surface area contributed by atoms with Crippen molar-refractivity contribution in [2.45, 2.75) is 30.9 Å². The van der Waals surface area contributed by atoms with Crippen LogP contribution in [0.5, 0.6) is 5.75 Å². The molecule has 2 aliphatic heterocycles. The van der Waals surface area contributed by atoms with Crippen LogP contribution in [0, 0.1) is 4.77 Å². The molecule has 1 aromatic carbocycles. The summed E-state index contributed by atoms with van der Waals surface area (Å²) in [5.41, 5.74) is -0.272. The molecule has 3 heterocycles. The first-order valence-corrected chi connectivity index (χ1v) is 10.6. The Morgan fingerprint density at radius 1 is 1.50 bits per heavy atom. The van der Waals surface area contributed by atoms with Gasteiger partial charge in [0.05, 0.1) is 9.35 Å². The van der Waals surface area contributed by atoms with Crippen LogP contribution in [0.25, 0.3) is 0 Å². The molecule has 3 N–H and O–H groups in total. The van der Waals surface area contributed by atoms with Gasteiger partial charge in [-0.3, -0.25) is 23.4 Å². The molecule has 2 aromatic rings. The molecule has 1 aromatic heterocycles. The summed E-state index contributed by atoms with van der Waals surface area (Å²) in [6.45, 7) is -3.93. The Balaban J connectivity index is 1.63. The molecule has 10 nitrogen and oxygen atoms in total. The number of H-pyrrole nitrogens is 1. The number of para-hydroxylation sites is 1. The van der Waals surface area contributed by atoms with Crippen molar-refractivity contribution in [2.75, 3.05) is 6.56 Å². The monoisotopic (exact) mass is 482 g/mol. The lowest BCUT2D eigenvalue weighted by atomic mass is 10.1. The summed E-state index contributed by atoms with van der Waals surface area (Å²) in [7, 11) is -4.71. The van der Waals surface area contributed by atoms with Gasteiger partial charge in [0.25, 0.3) is 11.4 Å². The van der Waals surface area contributed by atoms with Crippen molar-refractivity contribution in [3.8, 4) is 5.75 Å². The van der Waals surface area contributed by atoms with Crippen molar-refractivity contribution in [3.63, 3.8) is 0 Å². The molecule has 0 bridgehead atoms. The lowest BCUT2D eigenvalue weighted by Gasteiger charge is -2.28. The van der Waals surface area contributed by atoms with E-state index in [2.05, 4.69) is 4.98 Å². The maximum atomic E-state index is 15.7. The number of benzene rings is 1. The normalized spacial score (nSPS) is 34.6. The Labute approximate surface area is 181 Å². The molecular formula is C16H15ClFN2O8PS. The highest BCUT2D eigenvalue weighted by atomic mass is 35.5. The SMILES string of the molecule is [2H]C([2H])(OP1(=O)OCc2ccccc2O1)[C@@]1(F)O[C@@H](n2cc(Cl)c(=O)[nH]c2=S)[C@H](O)[C@@H]1O. The first-order chi connectivity index (χ1) is 14.9. The van der Waals surface area contributed by atoms with Gasteiger partial charge in [0.15, 0.2) is 11.0 Å². The molecule has 1 unspecified atom stereocenters. The standard InChI is InChI=1S/C16H15ClFN2O8PS/c17-9-5-20(15(30)19-13(9)23)14-11(21)12(22)16(18,27-14)7-26-29(24)25-6-8-3-1-2-4-10(8)28-29/h1-5,11-12,14,21-22H,6-7H2,(H,19,23,30)/t11-,12+,14-,16-,29?/m1/s1/i7D2. The molecule has 30 heavy (non-hydrogen) atoms. The second-order valence-corrected chi connectivity index (χ2v) is 8.66. The number of hydrogen-bond donors (Lipinski definition) is 3. The van der Waals surface area contributed by atoms with Gasteiger partial charge in [-0.05, 0) is 18.3 Å². The van der Waals surface area contributed by atoms with E-state index in [9.17, 15) is 19.6 Å². The number of phosphoric ester groups is 1. The lowest BCUT2D eigenvalue weighted by Crippen LogP contribution is -2.43. The number of aromatic nitrogens is 2. The number of aliphatic hydroxyl groups excluding tert-OH is 2. The summed E-state index contributed by atoms with van der Waals surface area (Å²) >= 11 is 10.7. The van der Waals surface area contributed by atoms with Crippen LogP contribution in [0.15, 0.2) is 35.3 Å². The predicted molar refractivity (Wildman–Crippen MR) is 102 cm³/mol. The summed E-state index contributed by atoms with van der Waals surface area (Å²) in [5.74, 6) is -3.69. The number of aromatic amines is 1. The van der Waals surface area contributed by atoms with Gasteiger partial charge in [0, 0.05) is 11.8 Å². The average Bonchev–Trinajstić information content (AvgIpc) is 2.95. The van der Waals surface area contributed by atoms with Gasteiger partial charge in [-0.1, -0.05) is 29.8 Å². The van der Waals surface area contributed by atoms with Crippen LogP contribution in [-0.4, -0.2) is 44.4 Å². The largest absolute Gasteiger partial charge is 0.530 e. The number of phosphoric acid groups is 1. The Bertz CT molecular complexity index is 1230. The van der Waals surface area contributed by atoms with E-state index < -0.39 is 49.3 Å². The number of ether oxygens (including phenoxy) is 1. The minimum atomic E-state index is -4.71. The molecule has 2 aliphatic rings. The molecule has 1 saturated heterocycles. The van der Waals surface area contributed by atoms with Crippen molar-refractivity contribution in [1.29, 1.82) is 0 Å². The van der Waals surface area contributed by atoms with Crippen molar-refractivity contribution in [3.05, 3.63) is 56.2 Å². The van der Waals surface area contributed by atoms with Gasteiger partial charge >= 0.3 is 7.82 Å². The minimum Gasteiger partial charge on any atom is -0.404 e. The molecule has 0 spiro atoms. The molecule has 5 atom stereocenters. The number of halogens is 2. The van der Waals surface area contributed by atoms with Crippen LogP contribution in [-0.2, 0) is 25.0 Å². The number of rotatable bonds is 4. The highest BCUT2D eigenvalue weighted by Crippen LogP contribution is 2.55. The quantitative estimate of drug-likeness (QED) is 0.443. The topological polar surface area (TPSA) is 132 Å². The summed E-state index contributed by atoms with van der Waals surface area (Å²) in [4.78, 5) is 13.7. The maximum Gasteiger partial charge on any atom is 0.530 e. The van der Waals surface area contributed by atoms with Crippen molar-refractivity contribution < 1.29 is 40.2 Å². The predicted octanol–water partition coefficient (Wildman–Crippen LogP) is 2.21. The fourth-order valence-electron chi connectivity index (χ4n) is 2.82. The van der Waals surface area contributed by atoms with E-state index in [4.69, 9.17) is 44.9 Å². The average molecular weight is 483 g/mol. The highest BCUT2D eigenvalue weighted by molar-refractivity contribution is 7.71. The molecular weight excluding hydrogens is 466 g/mol. The second kappa shape index (κ2) is 7.81. The fraction of sp³-hybridized carbons (Fsp3) is 0.375. The van der Waals surface area contributed by atoms with E-state index in [0.717, 1.165) is 10.8 Å². The zero-order chi connectivity index (χ0) is 23.5. The van der Waals surface area contributed by atoms with E-state index in [0.29, 0.717) is 5.56 Å². The highest BCUT2D eigenvalue weighted by Gasteiger charge is 2.57. The summed E-state index contributed by atoms with van der Waals surface area (Å²) in [5, 5.41) is 20.2. The lowest BCUT2D eigenvalue weighted by molar-refractivity contribution is -0.205. The van der Waals surface area contributed by atoms with E-state index in [1.54, 1.807) is 18.2 Å². The van der Waals surface area contributed by atoms with Gasteiger partial charge in [-0.25, -0.2) is 8.96 Å². The van der Waals surface area contributed by atoms with Crippen molar-refractivity contribution in [2.24, 2.45) is 0 Å². The smallest absolute Gasteiger partial charge is 0.404 e. The number of aliphatic hydroxyl groups is 2. The summed E-state index contributed by atoms with van der Waals surface area (Å²) < 4.78 is 64.8. The number of nitrogens with zero attached hydrogens (tertiary/aromatic N) is 1. The molecule has 0 aliphatic carbocycles. The molecule has 0 radical (unpaired) electrons. The van der Waals surface area contributed by atoms with Crippen LogP contribution < -0.4 is 10.1 Å².